The second kappa shape index (κ2) is 5.67. The Kier molecular flexibility index (Phi) is 4.22. The molecule has 0 aromatic heterocycles. The van der Waals surface area contributed by atoms with Crippen molar-refractivity contribution in [3.05, 3.63) is 0 Å². The zero-order valence-corrected chi connectivity index (χ0v) is 10.5. The van der Waals surface area contributed by atoms with Gasteiger partial charge in [0.25, 0.3) is 0 Å². The highest BCUT2D eigenvalue weighted by atomic mass is 16.2. The van der Waals surface area contributed by atoms with Crippen molar-refractivity contribution in [1.82, 2.24) is 9.80 Å². The molecule has 2 fully saturated rings. The first-order valence-electron chi connectivity index (χ1n) is 6.72. The van der Waals surface area contributed by atoms with Gasteiger partial charge in [-0.15, -0.1) is 0 Å². The third kappa shape index (κ3) is 3.21. The molecule has 92 valence electrons. The number of hydrogen-bond acceptors (Lipinski definition) is 2. The number of carbonyl (C=O) groups is 1. The van der Waals surface area contributed by atoms with E-state index in [1.54, 1.807) is 0 Å². The molecular weight excluding hydrogens is 200 g/mol. The minimum atomic E-state index is 0.364. The zero-order chi connectivity index (χ0) is 11.4. The van der Waals surface area contributed by atoms with Gasteiger partial charge in [0, 0.05) is 26.1 Å². The smallest absolute Gasteiger partial charge is 0.222 e. The number of hydrogen-bond donors (Lipinski definition) is 0. The van der Waals surface area contributed by atoms with Gasteiger partial charge in [0.1, 0.15) is 0 Å². The highest BCUT2D eigenvalue weighted by Crippen LogP contribution is 2.26. The van der Waals surface area contributed by atoms with Crippen LogP contribution in [0.15, 0.2) is 0 Å². The monoisotopic (exact) mass is 224 g/mol. The highest BCUT2D eigenvalue weighted by molar-refractivity contribution is 5.76. The molecule has 16 heavy (non-hydrogen) atoms. The fraction of sp³-hybridized carbons (Fsp3) is 0.923. The van der Waals surface area contributed by atoms with Crippen molar-refractivity contribution in [3.8, 4) is 0 Å². The second-order valence-corrected chi connectivity index (χ2v) is 5.40. The highest BCUT2D eigenvalue weighted by Gasteiger charge is 2.21. The van der Waals surface area contributed by atoms with Crippen LogP contribution in [0.25, 0.3) is 0 Å². The molecule has 2 rings (SSSR count). The van der Waals surface area contributed by atoms with Gasteiger partial charge in [-0.2, -0.15) is 0 Å². The van der Waals surface area contributed by atoms with Crippen LogP contribution in [0.3, 0.4) is 0 Å². The molecule has 0 aromatic rings. The van der Waals surface area contributed by atoms with Gasteiger partial charge >= 0.3 is 0 Å². The van der Waals surface area contributed by atoms with Crippen LogP contribution in [0.2, 0.25) is 0 Å². The molecule has 1 aliphatic carbocycles. The van der Waals surface area contributed by atoms with Gasteiger partial charge in [0.05, 0.1) is 0 Å². The van der Waals surface area contributed by atoms with Crippen molar-refractivity contribution < 1.29 is 4.79 Å². The van der Waals surface area contributed by atoms with Crippen molar-refractivity contribution >= 4 is 5.91 Å². The van der Waals surface area contributed by atoms with Crippen molar-refractivity contribution in [3.63, 3.8) is 0 Å². The molecule has 0 atom stereocenters. The SMILES string of the molecule is CN(CCCC(=O)N1CCC1)CC1CCC1. The fourth-order valence-electron chi connectivity index (χ4n) is 2.43. The standard InChI is InChI=1S/C13H24N2O/c1-14(11-12-5-2-6-12)8-3-7-13(16)15-9-4-10-15/h12H,2-11H2,1H3. The Morgan fingerprint density at radius 3 is 2.56 bits per heavy atom. The molecule has 0 N–H and O–H groups in total. The van der Waals surface area contributed by atoms with Gasteiger partial charge < -0.3 is 9.80 Å². The largest absolute Gasteiger partial charge is 0.343 e. The molecule has 3 heteroatoms. The fourth-order valence-corrected chi connectivity index (χ4v) is 2.43. The molecule has 3 nitrogen and oxygen atoms in total. The Morgan fingerprint density at radius 2 is 2.06 bits per heavy atom. The predicted octanol–water partition coefficient (Wildman–Crippen LogP) is 1.73. The summed E-state index contributed by atoms with van der Waals surface area (Å²) in [5.41, 5.74) is 0. The molecule has 1 aliphatic heterocycles. The maximum Gasteiger partial charge on any atom is 0.222 e. The summed E-state index contributed by atoms with van der Waals surface area (Å²) in [5, 5.41) is 0. The van der Waals surface area contributed by atoms with Crippen molar-refractivity contribution in [2.75, 3.05) is 33.2 Å². The quantitative estimate of drug-likeness (QED) is 0.686. The van der Waals surface area contributed by atoms with Crippen molar-refractivity contribution in [1.29, 1.82) is 0 Å². The summed E-state index contributed by atoms with van der Waals surface area (Å²) >= 11 is 0. The summed E-state index contributed by atoms with van der Waals surface area (Å²) in [6.07, 6.45) is 7.22. The normalized spacial score (nSPS) is 20.8. The summed E-state index contributed by atoms with van der Waals surface area (Å²) in [7, 11) is 2.19. The molecule has 1 saturated heterocycles. The number of likely N-dealkylation sites (tertiary alicyclic amines) is 1. The molecule has 0 bridgehead atoms. The van der Waals surface area contributed by atoms with E-state index >= 15 is 0 Å². The van der Waals surface area contributed by atoms with E-state index in [2.05, 4.69) is 11.9 Å². The van der Waals surface area contributed by atoms with E-state index in [4.69, 9.17) is 0 Å². The van der Waals surface area contributed by atoms with Crippen molar-refractivity contribution in [2.24, 2.45) is 5.92 Å². The van der Waals surface area contributed by atoms with E-state index in [0.717, 1.165) is 38.4 Å². The summed E-state index contributed by atoms with van der Waals surface area (Å²) in [6, 6.07) is 0. The molecule has 0 spiro atoms. The van der Waals surface area contributed by atoms with E-state index in [0.29, 0.717) is 5.91 Å². The Hall–Kier alpha value is -0.570. The summed E-state index contributed by atoms with van der Waals surface area (Å²) < 4.78 is 0. The van der Waals surface area contributed by atoms with Gasteiger partial charge in [-0.3, -0.25) is 4.79 Å². The molecule has 0 aromatic carbocycles. The first-order valence-corrected chi connectivity index (χ1v) is 6.72. The Bertz CT molecular complexity index is 234. The maximum atomic E-state index is 11.6. The van der Waals surface area contributed by atoms with Crippen LogP contribution >= 0.6 is 0 Å². The molecule has 1 saturated carbocycles. The first kappa shape index (κ1) is 11.9. The third-order valence-electron chi connectivity index (χ3n) is 3.93. The minimum Gasteiger partial charge on any atom is -0.343 e. The molecule has 1 heterocycles. The van der Waals surface area contributed by atoms with Gasteiger partial charge in [0.15, 0.2) is 0 Å². The van der Waals surface area contributed by atoms with E-state index in [1.807, 2.05) is 4.90 Å². The lowest BCUT2D eigenvalue weighted by atomic mass is 9.85. The van der Waals surface area contributed by atoms with E-state index in [9.17, 15) is 4.79 Å². The maximum absolute atomic E-state index is 11.6. The summed E-state index contributed by atoms with van der Waals surface area (Å²) in [5.74, 6) is 1.30. The molecule has 2 aliphatic rings. The average Bonchev–Trinajstić information content (AvgIpc) is 2.08. The Morgan fingerprint density at radius 1 is 1.31 bits per heavy atom. The zero-order valence-electron chi connectivity index (χ0n) is 10.5. The number of carbonyl (C=O) groups excluding carboxylic acids is 1. The van der Waals surface area contributed by atoms with E-state index < -0.39 is 0 Å². The van der Waals surface area contributed by atoms with Gasteiger partial charge in [-0.05, 0) is 45.2 Å². The number of nitrogens with zero attached hydrogens (tertiary/aromatic N) is 2. The number of rotatable bonds is 6. The Labute approximate surface area is 98.8 Å². The third-order valence-corrected chi connectivity index (χ3v) is 3.93. The predicted molar refractivity (Wildman–Crippen MR) is 65.3 cm³/mol. The van der Waals surface area contributed by atoms with Crippen LogP contribution < -0.4 is 0 Å². The van der Waals surface area contributed by atoms with Crippen LogP contribution in [0, 0.1) is 5.92 Å². The van der Waals surface area contributed by atoms with Crippen LogP contribution in [0.4, 0.5) is 0 Å². The second-order valence-electron chi connectivity index (χ2n) is 5.40. The number of amides is 1. The van der Waals surface area contributed by atoms with Gasteiger partial charge in [-0.1, -0.05) is 6.42 Å². The van der Waals surface area contributed by atoms with E-state index in [1.165, 1.54) is 32.2 Å². The van der Waals surface area contributed by atoms with Crippen molar-refractivity contribution in [2.45, 2.75) is 38.5 Å². The van der Waals surface area contributed by atoms with Gasteiger partial charge in [-0.25, -0.2) is 0 Å². The van der Waals surface area contributed by atoms with E-state index in [-0.39, 0.29) is 0 Å². The topological polar surface area (TPSA) is 23.6 Å². The molecular formula is C13H24N2O. The Balaban J connectivity index is 1.50. The lowest BCUT2D eigenvalue weighted by Gasteiger charge is -2.32. The van der Waals surface area contributed by atoms with Gasteiger partial charge in [0.2, 0.25) is 5.91 Å². The summed E-state index contributed by atoms with van der Waals surface area (Å²) in [4.78, 5) is 16.0. The molecule has 0 unspecified atom stereocenters. The summed E-state index contributed by atoms with van der Waals surface area (Å²) in [6.45, 7) is 4.31. The molecule has 0 radical (unpaired) electrons. The lowest BCUT2D eigenvalue weighted by Crippen LogP contribution is -2.42. The van der Waals surface area contributed by atoms with Crippen LogP contribution in [0.5, 0.6) is 0 Å². The minimum absolute atomic E-state index is 0.364. The van der Waals surface area contributed by atoms with Crippen LogP contribution in [-0.4, -0.2) is 48.9 Å². The van der Waals surface area contributed by atoms with Crippen LogP contribution in [-0.2, 0) is 4.79 Å². The lowest BCUT2D eigenvalue weighted by molar-refractivity contribution is -0.134. The average molecular weight is 224 g/mol. The molecule has 1 amide bonds. The van der Waals surface area contributed by atoms with Crippen LogP contribution in [0.1, 0.15) is 38.5 Å². The first-order chi connectivity index (χ1) is 7.75.